The van der Waals surface area contributed by atoms with Gasteiger partial charge in [-0.05, 0) is 0 Å². The lowest BCUT2D eigenvalue weighted by Crippen LogP contribution is -2.30. The molecule has 0 aromatic rings. The molecule has 2 unspecified atom stereocenters. The highest BCUT2D eigenvalue weighted by Gasteiger charge is 2.26. The minimum atomic E-state index is -4.44. The van der Waals surface area contributed by atoms with Crippen molar-refractivity contribution in [2.45, 2.75) is 6.10 Å². The highest BCUT2D eigenvalue weighted by atomic mass is 31.2. The van der Waals surface area contributed by atoms with E-state index in [-0.39, 0.29) is 26.3 Å². The summed E-state index contributed by atoms with van der Waals surface area (Å²) in [6, 6.07) is 0. The van der Waals surface area contributed by atoms with Crippen LogP contribution in [-0.2, 0) is 13.7 Å². The Morgan fingerprint density at radius 2 is 1.71 bits per heavy atom. The molecule has 0 bridgehead atoms. The first kappa shape index (κ1) is 16.9. The first-order valence-corrected chi connectivity index (χ1v) is 6.37. The fourth-order valence-electron chi connectivity index (χ4n) is 0.819. The number of aliphatic hydroxyl groups is 4. The van der Waals surface area contributed by atoms with Gasteiger partial charge < -0.3 is 25.3 Å². The van der Waals surface area contributed by atoms with E-state index in [9.17, 15) is 9.46 Å². The number of hydroxylamine groups is 2. The van der Waals surface area contributed by atoms with Gasteiger partial charge in [-0.1, -0.05) is 0 Å². The zero-order valence-corrected chi connectivity index (χ0v) is 10.1. The van der Waals surface area contributed by atoms with E-state index >= 15 is 0 Å². The Morgan fingerprint density at radius 3 is 2.12 bits per heavy atom. The van der Waals surface area contributed by atoms with Crippen molar-refractivity contribution in [3.8, 4) is 0 Å². The van der Waals surface area contributed by atoms with Crippen LogP contribution >= 0.6 is 7.82 Å². The Morgan fingerprint density at radius 1 is 1.18 bits per heavy atom. The van der Waals surface area contributed by atoms with Crippen LogP contribution in [0, 0.1) is 0 Å². The zero-order chi connectivity index (χ0) is 13.3. The van der Waals surface area contributed by atoms with Crippen molar-refractivity contribution in [2.75, 3.05) is 39.5 Å². The van der Waals surface area contributed by atoms with Crippen molar-refractivity contribution in [1.29, 1.82) is 0 Å². The van der Waals surface area contributed by atoms with Crippen LogP contribution in [0.1, 0.15) is 0 Å². The predicted molar refractivity (Wildman–Crippen MR) is 55.7 cm³/mol. The van der Waals surface area contributed by atoms with Gasteiger partial charge in [-0.25, -0.2) is 4.57 Å². The van der Waals surface area contributed by atoms with Crippen LogP contribution in [-0.4, -0.2) is 76.0 Å². The molecule has 0 amide bonds. The van der Waals surface area contributed by atoms with Crippen molar-refractivity contribution in [3.05, 3.63) is 0 Å². The number of hydrogen-bond donors (Lipinski definition) is 5. The van der Waals surface area contributed by atoms with Crippen LogP contribution in [0.4, 0.5) is 0 Å². The molecule has 2 atom stereocenters. The standard InChI is InChI=1S/C7H18NO8P/c9-3-1-8(2-4-10)16-17(13,14)15-6-7(12)5-11/h7,9-12H,1-6H2,(H,13,14). The highest BCUT2D eigenvalue weighted by Crippen LogP contribution is 2.44. The summed E-state index contributed by atoms with van der Waals surface area (Å²) in [5, 5.41) is 35.5. The molecule has 0 radical (unpaired) electrons. The maximum absolute atomic E-state index is 11.3. The second-order valence-electron chi connectivity index (χ2n) is 3.06. The largest absolute Gasteiger partial charge is 0.489 e. The second-order valence-corrected chi connectivity index (χ2v) is 4.42. The predicted octanol–water partition coefficient (Wildman–Crippen LogP) is -2.33. The third kappa shape index (κ3) is 8.61. The normalized spacial score (nSPS) is 17.1. The molecule has 0 aliphatic rings. The molecule has 0 saturated carbocycles. The molecule has 5 N–H and O–H groups in total. The average Bonchev–Trinajstić information content (AvgIpc) is 2.26. The Bertz CT molecular complexity index is 234. The summed E-state index contributed by atoms with van der Waals surface area (Å²) in [5.74, 6) is 0. The fourth-order valence-corrected chi connectivity index (χ4v) is 1.68. The van der Waals surface area contributed by atoms with Gasteiger partial charge in [0.15, 0.2) is 0 Å². The summed E-state index contributed by atoms with van der Waals surface area (Å²) in [7, 11) is -4.44. The minimum absolute atomic E-state index is 0.0863. The third-order valence-corrected chi connectivity index (χ3v) is 2.47. The van der Waals surface area contributed by atoms with E-state index in [1.807, 2.05) is 0 Å². The Labute approximate surface area is 98.4 Å². The Kier molecular flexibility index (Phi) is 8.88. The quantitative estimate of drug-likeness (QED) is 0.219. The van der Waals surface area contributed by atoms with E-state index in [0.717, 1.165) is 5.06 Å². The summed E-state index contributed by atoms with van der Waals surface area (Å²) in [4.78, 5) is 9.20. The molecule has 0 aliphatic heterocycles. The van der Waals surface area contributed by atoms with E-state index in [1.165, 1.54) is 0 Å². The molecular weight excluding hydrogens is 257 g/mol. The monoisotopic (exact) mass is 275 g/mol. The van der Waals surface area contributed by atoms with Crippen molar-refractivity contribution in [1.82, 2.24) is 5.06 Å². The number of aliphatic hydroxyl groups excluding tert-OH is 4. The Balaban J connectivity index is 4.14. The maximum atomic E-state index is 11.3. The molecule has 0 aliphatic carbocycles. The molecule has 9 nitrogen and oxygen atoms in total. The van der Waals surface area contributed by atoms with Crippen LogP contribution in [0.5, 0.6) is 0 Å². The molecule has 104 valence electrons. The van der Waals surface area contributed by atoms with E-state index in [0.29, 0.717) is 0 Å². The van der Waals surface area contributed by atoms with Gasteiger partial charge in [0.1, 0.15) is 6.10 Å². The summed E-state index contributed by atoms with van der Waals surface area (Å²) < 4.78 is 20.2. The summed E-state index contributed by atoms with van der Waals surface area (Å²) >= 11 is 0. The van der Waals surface area contributed by atoms with Gasteiger partial charge in [-0.3, -0.25) is 4.52 Å². The zero-order valence-electron chi connectivity index (χ0n) is 9.18. The maximum Gasteiger partial charge on any atom is 0.489 e. The number of phosphoric ester groups is 1. The van der Waals surface area contributed by atoms with Crippen molar-refractivity contribution in [2.24, 2.45) is 0 Å². The van der Waals surface area contributed by atoms with E-state index in [2.05, 4.69) is 9.15 Å². The summed E-state index contributed by atoms with van der Waals surface area (Å²) in [6.07, 6.45) is -1.29. The van der Waals surface area contributed by atoms with Crippen molar-refractivity contribution in [3.63, 3.8) is 0 Å². The van der Waals surface area contributed by atoms with Crippen LogP contribution in [0.25, 0.3) is 0 Å². The van der Waals surface area contributed by atoms with Crippen LogP contribution < -0.4 is 0 Å². The number of nitrogens with zero attached hydrogens (tertiary/aromatic N) is 1. The molecule has 0 saturated heterocycles. The van der Waals surface area contributed by atoms with E-state index in [4.69, 9.17) is 20.4 Å². The molecule has 0 aromatic carbocycles. The van der Waals surface area contributed by atoms with Crippen molar-refractivity contribution >= 4 is 7.82 Å². The smallest absolute Gasteiger partial charge is 0.395 e. The van der Waals surface area contributed by atoms with E-state index in [1.54, 1.807) is 0 Å². The highest BCUT2D eigenvalue weighted by molar-refractivity contribution is 7.47. The summed E-state index contributed by atoms with van der Waals surface area (Å²) in [5.41, 5.74) is 0. The molecule has 0 spiro atoms. The van der Waals surface area contributed by atoms with Gasteiger partial charge in [0.05, 0.1) is 26.4 Å². The molecule has 17 heavy (non-hydrogen) atoms. The van der Waals surface area contributed by atoms with Gasteiger partial charge >= 0.3 is 7.82 Å². The lowest BCUT2D eigenvalue weighted by molar-refractivity contribution is -0.103. The number of hydrogen-bond acceptors (Lipinski definition) is 8. The van der Waals surface area contributed by atoms with Crippen LogP contribution in [0.3, 0.4) is 0 Å². The minimum Gasteiger partial charge on any atom is -0.395 e. The lowest BCUT2D eigenvalue weighted by atomic mass is 10.4. The molecular formula is C7H18NO8P. The molecule has 10 heteroatoms. The third-order valence-electron chi connectivity index (χ3n) is 1.56. The average molecular weight is 275 g/mol. The number of phosphoric acid groups is 1. The topological polar surface area (TPSA) is 140 Å². The SMILES string of the molecule is O=P(O)(OCC(O)CO)ON(CCO)CCO. The van der Waals surface area contributed by atoms with Crippen LogP contribution in [0.2, 0.25) is 0 Å². The van der Waals surface area contributed by atoms with Gasteiger partial charge in [0, 0.05) is 13.1 Å². The van der Waals surface area contributed by atoms with Gasteiger partial charge in [-0.2, -0.15) is 9.69 Å². The van der Waals surface area contributed by atoms with Gasteiger partial charge in [0.25, 0.3) is 0 Å². The first-order valence-electron chi connectivity index (χ1n) is 4.87. The second kappa shape index (κ2) is 8.92. The lowest BCUT2D eigenvalue weighted by Gasteiger charge is -2.22. The number of rotatable bonds is 10. The Hall–Kier alpha value is -0.0900. The van der Waals surface area contributed by atoms with Crippen LogP contribution in [0.15, 0.2) is 0 Å². The van der Waals surface area contributed by atoms with Crippen molar-refractivity contribution < 1.29 is 39.0 Å². The molecule has 0 rings (SSSR count). The van der Waals surface area contributed by atoms with Gasteiger partial charge in [0.2, 0.25) is 0 Å². The molecule has 0 heterocycles. The first-order chi connectivity index (χ1) is 7.95. The summed E-state index contributed by atoms with van der Waals surface area (Å²) in [6.45, 7) is -2.03. The fraction of sp³-hybridized carbons (Fsp3) is 1.00. The molecule has 0 fully saturated rings. The van der Waals surface area contributed by atoms with Gasteiger partial charge in [-0.15, -0.1) is 0 Å². The molecule has 0 aromatic heterocycles. The van der Waals surface area contributed by atoms with E-state index < -0.39 is 27.1 Å².